The van der Waals surface area contributed by atoms with Gasteiger partial charge >= 0.3 is 0 Å². The molecule has 31 heavy (non-hydrogen) atoms. The number of nitrogens with one attached hydrogen (secondary N) is 1. The number of hydrogen-bond acceptors (Lipinski definition) is 5. The Morgan fingerprint density at radius 1 is 1.06 bits per heavy atom. The SMILES string of the molecule is NC(=O)CNC(=O)c1cccc(Oc2nc(-c3cccc(Cl)c3)nc3c2CCCC3)c1. The highest BCUT2D eigenvalue weighted by Crippen LogP contribution is 2.33. The van der Waals surface area contributed by atoms with Gasteiger partial charge in [-0.25, -0.2) is 4.98 Å². The number of nitrogens with two attached hydrogens (primary N) is 1. The summed E-state index contributed by atoms with van der Waals surface area (Å²) >= 11 is 6.15. The average molecular weight is 437 g/mol. The van der Waals surface area contributed by atoms with Crippen molar-refractivity contribution in [3.05, 3.63) is 70.4 Å². The number of hydrogen-bond donors (Lipinski definition) is 2. The molecule has 0 atom stereocenters. The molecule has 0 saturated heterocycles. The molecule has 1 aromatic heterocycles. The number of carbonyl (C=O) groups is 2. The summed E-state index contributed by atoms with van der Waals surface area (Å²) in [7, 11) is 0. The van der Waals surface area contributed by atoms with E-state index in [0.29, 0.717) is 28.0 Å². The molecule has 1 heterocycles. The van der Waals surface area contributed by atoms with Gasteiger partial charge in [-0.3, -0.25) is 9.59 Å². The van der Waals surface area contributed by atoms with E-state index in [2.05, 4.69) is 10.3 Å². The van der Waals surface area contributed by atoms with Crippen LogP contribution in [0.2, 0.25) is 5.02 Å². The Kier molecular flexibility index (Phi) is 6.13. The molecule has 7 nitrogen and oxygen atoms in total. The molecule has 0 unspecified atom stereocenters. The molecule has 2 amide bonds. The molecule has 4 rings (SSSR count). The predicted octanol–water partition coefficient (Wildman–Crippen LogP) is 3.68. The standard InChI is InChI=1S/C23H21ClN4O3/c24-16-7-3-5-14(11-16)21-27-19-10-2-1-9-18(19)23(28-21)31-17-8-4-6-15(12-17)22(30)26-13-20(25)29/h3-8,11-12H,1-2,9-10,13H2,(H2,25,29)(H,26,30). The maximum Gasteiger partial charge on any atom is 0.251 e. The first-order chi connectivity index (χ1) is 15.0. The van der Waals surface area contributed by atoms with Crippen molar-refractivity contribution in [2.75, 3.05) is 6.54 Å². The number of primary amides is 1. The van der Waals surface area contributed by atoms with E-state index in [4.69, 9.17) is 27.1 Å². The van der Waals surface area contributed by atoms with E-state index in [1.165, 1.54) is 0 Å². The fourth-order valence-electron chi connectivity index (χ4n) is 3.48. The molecular weight excluding hydrogens is 416 g/mol. The summed E-state index contributed by atoms with van der Waals surface area (Å²) in [5, 5.41) is 3.08. The predicted molar refractivity (Wildman–Crippen MR) is 117 cm³/mol. The Balaban J connectivity index is 1.66. The van der Waals surface area contributed by atoms with Crippen LogP contribution in [0.3, 0.4) is 0 Å². The van der Waals surface area contributed by atoms with E-state index in [-0.39, 0.29) is 6.54 Å². The topological polar surface area (TPSA) is 107 Å². The van der Waals surface area contributed by atoms with Crippen LogP contribution >= 0.6 is 11.6 Å². The molecule has 1 aliphatic carbocycles. The van der Waals surface area contributed by atoms with Gasteiger partial charge in [0.1, 0.15) is 5.75 Å². The lowest BCUT2D eigenvalue weighted by molar-refractivity contribution is -0.117. The van der Waals surface area contributed by atoms with Crippen molar-refractivity contribution in [1.82, 2.24) is 15.3 Å². The van der Waals surface area contributed by atoms with Gasteiger partial charge in [-0.1, -0.05) is 29.8 Å². The third kappa shape index (κ3) is 5.00. The summed E-state index contributed by atoms with van der Waals surface area (Å²) in [5.74, 6) is 0.480. The van der Waals surface area contributed by atoms with Crippen molar-refractivity contribution < 1.29 is 14.3 Å². The molecule has 0 spiro atoms. The number of carbonyl (C=O) groups excluding carboxylic acids is 2. The van der Waals surface area contributed by atoms with Gasteiger partial charge in [-0.2, -0.15) is 4.98 Å². The Hall–Kier alpha value is -3.45. The minimum Gasteiger partial charge on any atom is -0.439 e. The summed E-state index contributed by atoms with van der Waals surface area (Å²) in [6, 6.07) is 14.1. The lowest BCUT2D eigenvalue weighted by Crippen LogP contribution is -2.33. The second-order valence-corrected chi connectivity index (χ2v) is 7.71. The van der Waals surface area contributed by atoms with Crippen molar-refractivity contribution in [2.45, 2.75) is 25.7 Å². The first-order valence-electron chi connectivity index (χ1n) is 10.00. The highest BCUT2D eigenvalue weighted by molar-refractivity contribution is 6.30. The number of ether oxygens (including phenoxy) is 1. The number of rotatable bonds is 6. The molecule has 3 N–H and O–H groups in total. The van der Waals surface area contributed by atoms with Gasteiger partial charge in [0, 0.05) is 21.7 Å². The third-order valence-corrected chi connectivity index (χ3v) is 5.20. The molecule has 158 valence electrons. The zero-order valence-electron chi connectivity index (χ0n) is 16.7. The van der Waals surface area contributed by atoms with Gasteiger partial charge in [-0.05, 0) is 56.0 Å². The number of nitrogens with zero attached hydrogens (tertiary/aromatic N) is 2. The molecule has 0 aliphatic heterocycles. The summed E-state index contributed by atoms with van der Waals surface area (Å²) in [4.78, 5) is 32.6. The molecule has 0 radical (unpaired) electrons. The molecular formula is C23H21ClN4O3. The second-order valence-electron chi connectivity index (χ2n) is 7.27. The van der Waals surface area contributed by atoms with Crippen molar-refractivity contribution in [3.63, 3.8) is 0 Å². The largest absolute Gasteiger partial charge is 0.439 e. The van der Waals surface area contributed by atoms with Crippen molar-refractivity contribution in [1.29, 1.82) is 0 Å². The number of benzene rings is 2. The lowest BCUT2D eigenvalue weighted by atomic mass is 9.96. The van der Waals surface area contributed by atoms with E-state index in [1.807, 2.05) is 18.2 Å². The van der Waals surface area contributed by atoms with Crippen LogP contribution in [0.1, 0.15) is 34.5 Å². The first-order valence-corrected chi connectivity index (χ1v) is 10.4. The molecule has 3 aromatic rings. The molecule has 0 bridgehead atoms. The fraction of sp³-hybridized carbons (Fsp3) is 0.217. The molecule has 0 saturated carbocycles. The Labute approximate surface area is 184 Å². The maximum atomic E-state index is 12.2. The van der Waals surface area contributed by atoms with Crippen LogP contribution in [-0.2, 0) is 17.6 Å². The van der Waals surface area contributed by atoms with E-state index < -0.39 is 11.8 Å². The Morgan fingerprint density at radius 3 is 2.68 bits per heavy atom. The summed E-state index contributed by atoms with van der Waals surface area (Å²) in [5.41, 5.74) is 8.22. The summed E-state index contributed by atoms with van der Waals surface area (Å²) in [6.07, 6.45) is 3.80. The zero-order chi connectivity index (χ0) is 21.8. The van der Waals surface area contributed by atoms with Crippen LogP contribution in [0.15, 0.2) is 48.5 Å². The molecule has 2 aromatic carbocycles. The van der Waals surface area contributed by atoms with Crippen molar-refractivity contribution in [2.24, 2.45) is 5.73 Å². The van der Waals surface area contributed by atoms with Crippen LogP contribution in [0, 0.1) is 0 Å². The monoisotopic (exact) mass is 436 g/mol. The minimum atomic E-state index is -0.609. The second kappa shape index (κ2) is 9.14. The summed E-state index contributed by atoms with van der Waals surface area (Å²) in [6.45, 7) is -0.230. The summed E-state index contributed by atoms with van der Waals surface area (Å²) < 4.78 is 6.13. The van der Waals surface area contributed by atoms with Crippen LogP contribution in [-0.4, -0.2) is 28.3 Å². The van der Waals surface area contributed by atoms with E-state index in [9.17, 15) is 9.59 Å². The number of halogens is 1. The van der Waals surface area contributed by atoms with E-state index >= 15 is 0 Å². The maximum absolute atomic E-state index is 12.2. The highest BCUT2D eigenvalue weighted by Gasteiger charge is 2.20. The van der Waals surface area contributed by atoms with Gasteiger partial charge in [0.05, 0.1) is 12.2 Å². The fourth-order valence-corrected chi connectivity index (χ4v) is 3.67. The van der Waals surface area contributed by atoms with Gasteiger partial charge in [0.2, 0.25) is 11.8 Å². The molecule has 1 aliphatic rings. The number of aromatic nitrogens is 2. The minimum absolute atomic E-state index is 0.230. The highest BCUT2D eigenvalue weighted by atomic mass is 35.5. The first kappa shape index (κ1) is 20.8. The normalized spacial score (nSPS) is 12.7. The van der Waals surface area contributed by atoms with Crippen molar-refractivity contribution >= 4 is 23.4 Å². The van der Waals surface area contributed by atoms with Gasteiger partial charge in [0.25, 0.3) is 5.91 Å². The Bertz CT molecular complexity index is 1150. The Morgan fingerprint density at radius 2 is 1.87 bits per heavy atom. The van der Waals surface area contributed by atoms with Crippen molar-refractivity contribution in [3.8, 4) is 23.0 Å². The number of amides is 2. The zero-order valence-corrected chi connectivity index (χ0v) is 17.5. The number of aryl methyl sites for hydroxylation is 1. The van der Waals surface area contributed by atoms with E-state index in [1.54, 1.807) is 30.3 Å². The van der Waals surface area contributed by atoms with Crippen LogP contribution in [0.5, 0.6) is 11.6 Å². The van der Waals surface area contributed by atoms with Crippen LogP contribution in [0.25, 0.3) is 11.4 Å². The third-order valence-electron chi connectivity index (χ3n) is 4.96. The average Bonchev–Trinajstić information content (AvgIpc) is 2.77. The molecule has 0 fully saturated rings. The van der Waals surface area contributed by atoms with Crippen LogP contribution < -0.4 is 15.8 Å². The van der Waals surface area contributed by atoms with Gasteiger partial charge in [-0.15, -0.1) is 0 Å². The smallest absolute Gasteiger partial charge is 0.251 e. The lowest BCUT2D eigenvalue weighted by Gasteiger charge is -2.19. The van der Waals surface area contributed by atoms with E-state index in [0.717, 1.165) is 42.5 Å². The quantitative estimate of drug-likeness (QED) is 0.612. The van der Waals surface area contributed by atoms with Gasteiger partial charge in [0.15, 0.2) is 5.82 Å². The van der Waals surface area contributed by atoms with Crippen LogP contribution in [0.4, 0.5) is 0 Å². The molecule has 8 heteroatoms. The van der Waals surface area contributed by atoms with Gasteiger partial charge < -0.3 is 15.8 Å². The number of fused-ring (bicyclic) bond motifs is 1.